The molecule has 0 atom stereocenters. The van der Waals surface area contributed by atoms with Crippen LogP contribution in [0.15, 0.2) is 18.2 Å². The molecule has 0 saturated carbocycles. The third kappa shape index (κ3) is 5.90. The summed E-state index contributed by atoms with van der Waals surface area (Å²) in [4.78, 5) is 0. The average Bonchev–Trinajstić information content (AvgIpc) is 2.27. The number of unbranched alkanes of at least 4 members (excludes halogenated alkanes) is 1. The van der Waals surface area contributed by atoms with Gasteiger partial charge in [-0.2, -0.15) is 13.2 Å². The lowest BCUT2D eigenvalue weighted by Gasteiger charge is -2.20. The van der Waals surface area contributed by atoms with Crippen LogP contribution in [0.25, 0.3) is 0 Å². The maximum absolute atomic E-state index is 12.9. The third-order valence-corrected chi connectivity index (χ3v) is 2.91. The van der Waals surface area contributed by atoms with Gasteiger partial charge in [0.05, 0.1) is 5.56 Å². The normalized spacial score (nSPS) is 12.8. The number of rotatable bonds is 5. The highest BCUT2D eigenvalue weighted by Gasteiger charge is 2.33. The first-order chi connectivity index (χ1) is 9.09. The largest absolute Gasteiger partial charge is 0.416 e. The van der Waals surface area contributed by atoms with Gasteiger partial charge < -0.3 is 5.32 Å². The van der Waals surface area contributed by atoms with Crippen LogP contribution < -0.4 is 5.32 Å². The molecule has 1 rings (SSSR count). The van der Waals surface area contributed by atoms with Crippen molar-refractivity contribution in [3.63, 3.8) is 0 Å². The molecule has 1 aromatic carbocycles. The van der Waals surface area contributed by atoms with E-state index in [0.29, 0.717) is 18.9 Å². The van der Waals surface area contributed by atoms with Crippen LogP contribution in [0.5, 0.6) is 0 Å². The molecule has 0 heterocycles. The van der Waals surface area contributed by atoms with Crippen molar-refractivity contribution in [2.24, 2.45) is 0 Å². The van der Waals surface area contributed by atoms with E-state index < -0.39 is 17.6 Å². The smallest absolute Gasteiger partial charge is 0.312 e. The van der Waals surface area contributed by atoms with Crippen molar-refractivity contribution in [2.75, 3.05) is 6.54 Å². The Bertz CT molecular complexity index is 432. The Balaban J connectivity index is 2.56. The van der Waals surface area contributed by atoms with Gasteiger partial charge in [0.25, 0.3) is 0 Å². The summed E-state index contributed by atoms with van der Waals surface area (Å²) in [5.74, 6) is -0.851. The maximum atomic E-state index is 12.9. The van der Waals surface area contributed by atoms with E-state index in [2.05, 4.69) is 5.32 Å². The summed E-state index contributed by atoms with van der Waals surface area (Å²) in [6.07, 6.45) is -2.77. The van der Waals surface area contributed by atoms with Crippen molar-refractivity contribution in [3.05, 3.63) is 35.1 Å². The molecule has 0 aromatic heterocycles. The van der Waals surface area contributed by atoms with E-state index in [1.54, 1.807) is 0 Å². The van der Waals surface area contributed by atoms with Gasteiger partial charge >= 0.3 is 6.18 Å². The first kappa shape index (κ1) is 17.0. The van der Waals surface area contributed by atoms with E-state index >= 15 is 0 Å². The fraction of sp³-hybridized carbons (Fsp3) is 0.600. The van der Waals surface area contributed by atoms with Crippen molar-refractivity contribution < 1.29 is 17.6 Å². The van der Waals surface area contributed by atoms with Gasteiger partial charge in [0.15, 0.2) is 0 Å². The molecule has 0 radical (unpaired) electrons. The molecule has 0 aliphatic heterocycles. The maximum Gasteiger partial charge on any atom is 0.416 e. The number of benzene rings is 1. The minimum Gasteiger partial charge on any atom is -0.312 e. The van der Waals surface area contributed by atoms with Gasteiger partial charge in [0, 0.05) is 5.54 Å². The summed E-state index contributed by atoms with van der Waals surface area (Å²) in [6, 6.07) is 2.88. The van der Waals surface area contributed by atoms with Gasteiger partial charge in [0.1, 0.15) is 5.82 Å². The minimum atomic E-state index is -4.50. The van der Waals surface area contributed by atoms with Crippen LogP contribution in [0.1, 0.15) is 44.7 Å². The topological polar surface area (TPSA) is 12.0 Å². The van der Waals surface area contributed by atoms with Gasteiger partial charge in [-0.1, -0.05) is 6.07 Å². The molecule has 0 aliphatic rings. The Morgan fingerprint density at radius 3 is 2.25 bits per heavy atom. The van der Waals surface area contributed by atoms with Crippen molar-refractivity contribution in [2.45, 2.75) is 51.7 Å². The van der Waals surface area contributed by atoms with Crippen LogP contribution >= 0.6 is 0 Å². The molecule has 0 aliphatic carbocycles. The zero-order valence-electron chi connectivity index (χ0n) is 12.1. The quantitative estimate of drug-likeness (QED) is 0.619. The van der Waals surface area contributed by atoms with Gasteiger partial charge in [-0.05, 0) is 64.3 Å². The predicted molar refractivity (Wildman–Crippen MR) is 72.1 cm³/mol. The van der Waals surface area contributed by atoms with Crippen molar-refractivity contribution in [1.29, 1.82) is 0 Å². The molecule has 0 unspecified atom stereocenters. The number of hydrogen-bond donors (Lipinski definition) is 1. The lowest BCUT2D eigenvalue weighted by atomic mass is 10.0. The highest BCUT2D eigenvalue weighted by molar-refractivity contribution is 5.30. The molecule has 5 heteroatoms. The molecule has 0 fully saturated rings. The summed E-state index contributed by atoms with van der Waals surface area (Å²) in [5.41, 5.74) is -0.691. The average molecular weight is 291 g/mol. The number of nitrogens with one attached hydrogen (secondary N) is 1. The second kappa shape index (κ2) is 6.57. The number of halogens is 4. The zero-order chi connectivity index (χ0) is 15.4. The molecule has 114 valence electrons. The van der Waals surface area contributed by atoms with Gasteiger partial charge in [-0.25, -0.2) is 4.39 Å². The first-order valence-electron chi connectivity index (χ1n) is 6.70. The molecule has 0 bridgehead atoms. The van der Waals surface area contributed by atoms with Gasteiger partial charge in [-0.15, -0.1) is 0 Å². The standard InChI is InChI=1S/C15H21F4N/c1-14(2,3)20-9-5-4-6-11-7-8-12(16)10-13(11)15(17,18)19/h7-8,10,20H,4-6,9H2,1-3H3. The summed E-state index contributed by atoms with van der Waals surface area (Å²) in [7, 11) is 0. The Labute approximate surface area is 117 Å². The molecule has 20 heavy (non-hydrogen) atoms. The Morgan fingerprint density at radius 2 is 1.70 bits per heavy atom. The van der Waals surface area contributed by atoms with Crippen molar-refractivity contribution >= 4 is 0 Å². The van der Waals surface area contributed by atoms with Crippen LogP contribution in [0, 0.1) is 5.82 Å². The van der Waals surface area contributed by atoms with Crippen molar-refractivity contribution in [1.82, 2.24) is 5.32 Å². The minimum absolute atomic E-state index is 0.00695. The molecular formula is C15H21F4N. The summed E-state index contributed by atoms with van der Waals surface area (Å²) in [5, 5.41) is 3.28. The predicted octanol–water partition coefficient (Wildman–Crippen LogP) is 4.56. The van der Waals surface area contributed by atoms with E-state index in [0.717, 1.165) is 19.0 Å². The van der Waals surface area contributed by atoms with Gasteiger partial charge in [-0.3, -0.25) is 0 Å². The van der Waals surface area contributed by atoms with E-state index in [9.17, 15) is 17.6 Å². The van der Waals surface area contributed by atoms with Crippen LogP contribution in [-0.4, -0.2) is 12.1 Å². The van der Waals surface area contributed by atoms with Crippen LogP contribution in [0.3, 0.4) is 0 Å². The summed E-state index contributed by atoms with van der Waals surface area (Å²) >= 11 is 0. The van der Waals surface area contributed by atoms with Gasteiger partial charge in [0.2, 0.25) is 0 Å². The second-order valence-electron chi connectivity index (χ2n) is 5.93. The Morgan fingerprint density at radius 1 is 1.05 bits per heavy atom. The Hall–Kier alpha value is -1.10. The second-order valence-corrected chi connectivity index (χ2v) is 5.93. The zero-order valence-corrected chi connectivity index (χ0v) is 12.1. The molecule has 1 nitrogen and oxygen atoms in total. The van der Waals surface area contributed by atoms with Crippen LogP contribution in [-0.2, 0) is 12.6 Å². The fourth-order valence-corrected chi connectivity index (χ4v) is 1.93. The van der Waals surface area contributed by atoms with E-state index in [-0.39, 0.29) is 11.1 Å². The number of alkyl halides is 3. The molecule has 0 spiro atoms. The highest BCUT2D eigenvalue weighted by Crippen LogP contribution is 2.33. The number of aryl methyl sites for hydroxylation is 1. The SMILES string of the molecule is CC(C)(C)NCCCCc1ccc(F)cc1C(F)(F)F. The highest BCUT2D eigenvalue weighted by atomic mass is 19.4. The van der Waals surface area contributed by atoms with Crippen LogP contribution in [0.4, 0.5) is 17.6 Å². The molecular weight excluding hydrogens is 270 g/mol. The van der Waals surface area contributed by atoms with E-state index in [1.165, 1.54) is 6.07 Å². The van der Waals surface area contributed by atoms with E-state index in [1.807, 2.05) is 20.8 Å². The number of hydrogen-bond acceptors (Lipinski definition) is 1. The van der Waals surface area contributed by atoms with Crippen molar-refractivity contribution in [3.8, 4) is 0 Å². The summed E-state index contributed by atoms with van der Waals surface area (Å²) in [6.45, 7) is 6.87. The monoisotopic (exact) mass is 291 g/mol. The lowest BCUT2D eigenvalue weighted by molar-refractivity contribution is -0.138. The van der Waals surface area contributed by atoms with Crippen LogP contribution in [0.2, 0.25) is 0 Å². The van der Waals surface area contributed by atoms with E-state index in [4.69, 9.17) is 0 Å². The molecule has 1 aromatic rings. The first-order valence-corrected chi connectivity index (χ1v) is 6.70. The lowest BCUT2D eigenvalue weighted by Crippen LogP contribution is -2.36. The fourth-order valence-electron chi connectivity index (χ4n) is 1.93. The third-order valence-electron chi connectivity index (χ3n) is 2.91. The molecule has 0 amide bonds. The molecule has 0 saturated heterocycles. The molecule has 1 N–H and O–H groups in total. The summed E-state index contributed by atoms with van der Waals surface area (Å²) < 4.78 is 51.3. The Kier molecular flexibility index (Phi) is 5.57.